The quantitative estimate of drug-likeness (QED) is 0.422. The summed E-state index contributed by atoms with van der Waals surface area (Å²) in [4.78, 5) is 30.3. The van der Waals surface area contributed by atoms with Crippen molar-refractivity contribution in [2.75, 3.05) is 5.32 Å². The van der Waals surface area contributed by atoms with Crippen LogP contribution in [-0.2, 0) is 0 Å². The normalized spacial score (nSPS) is 11.7. The molecule has 1 atom stereocenters. The van der Waals surface area contributed by atoms with Crippen LogP contribution in [0.1, 0.15) is 40.7 Å². The molecule has 0 aliphatic rings. The van der Waals surface area contributed by atoms with Crippen LogP contribution < -0.4 is 10.9 Å². The first kappa shape index (κ1) is 22.3. The molecule has 1 aromatic heterocycles. The molecule has 0 saturated heterocycles. The number of amides is 1. The molecule has 0 fully saturated rings. The van der Waals surface area contributed by atoms with E-state index in [9.17, 15) is 9.59 Å². The van der Waals surface area contributed by atoms with Gasteiger partial charge in [0.2, 0.25) is 0 Å². The number of hydrogen-bond acceptors (Lipinski definition) is 4. The molecule has 7 heteroatoms. The molecule has 0 saturated carbocycles. The predicted octanol–water partition coefficient (Wildman–Crippen LogP) is 5.62. The van der Waals surface area contributed by atoms with Crippen LogP contribution in [0, 0.1) is 18.3 Å². The Kier molecular flexibility index (Phi) is 6.25. The number of aromatic nitrogens is 2. The zero-order chi connectivity index (χ0) is 23.5. The Hall–Kier alpha value is -3.95. The molecule has 1 amide bonds. The minimum absolute atomic E-state index is 0.0366. The van der Waals surface area contributed by atoms with Gasteiger partial charge in [0, 0.05) is 17.7 Å². The van der Waals surface area contributed by atoms with Gasteiger partial charge in [-0.2, -0.15) is 5.26 Å². The second-order valence-corrected chi connectivity index (χ2v) is 8.31. The van der Waals surface area contributed by atoms with Crippen LogP contribution in [0.15, 0.2) is 71.8 Å². The lowest BCUT2D eigenvalue weighted by Crippen LogP contribution is -2.20. The molecule has 0 aliphatic carbocycles. The van der Waals surface area contributed by atoms with Crippen molar-refractivity contribution in [3.05, 3.63) is 99.1 Å². The Balaban J connectivity index is 1.67. The Bertz CT molecular complexity index is 1470. The van der Waals surface area contributed by atoms with Gasteiger partial charge in [-0.05, 0) is 60.4 Å². The number of anilines is 1. The summed E-state index contributed by atoms with van der Waals surface area (Å²) in [7, 11) is 0. The summed E-state index contributed by atoms with van der Waals surface area (Å²) in [6.45, 7) is 3.84. The topological polar surface area (TPSA) is 87.8 Å². The van der Waals surface area contributed by atoms with Crippen LogP contribution >= 0.6 is 11.6 Å². The van der Waals surface area contributed by atoms with E-state index in [1.807, 2.05) is 32.0 Å². The van der Waals surface area contributed by atoms with E-state index in [0.717, 1.165) is 11.1 Å². The van der Waals surface area contributed by atoms with Crippen LogP contribution in [0.3, 0.4) is 0 Å². The maximum Gasteiger partial charge on any atom is 0.265 e. The third-order valence-corrected chi connectivity index (χ3v) is 5.89. The second-order valence-electron chi connectivity index (χ2n) is 7.90. The highest BCUT2D eigenvalue weighted by Gasteiger charge is 2.13. The van der Waals surface area contributed by atoms with E-state index in [-0.39, 0.29) is 17.4 Å². The van der Waals surface area contributed by atoms with Crippen LogP contribution in [0.4, 0.5) is 5.69 Å². The first-order valence-electron chi connectivity index (χ1n) is 10.4. The number of para-hydroxylation sites is 1. The molecule has 0 radical (unpaired) electrons. The molecule has 0 spiro atoms. The lowest BCUT2D eigenvalue weighted by Gasteiger charge is -2.14. The standard InChI is InChI=1S/C26H21ClN4O2/c1-16(11-12-28)18-5-3-6-19(13-18)25(32)30-20-10-9-17(2)23(14-20)31-15-29-24-21(26(31)33)7-4-8-22(24)27/h3-10,13-16H,11H2,1-2H3,(H,30,32). The van der Waals surface area contributed by atoms with Crippen LogP contribution in [0.25, 0.3) is 16.6 Å². The van der Waals surface area contributed by atoms with Gasteiger partial charge in [-0.15, -0.1) is 0 Å². The number of benzene rings is 3. The largest absolute Gasteiger partial charge is 0.322 e. The third-order valence-electron chi connectivity index (χ3n) is 5.58. The first-order valence-corrected chi connectivity index (χ1v) is 10.8. The number of carbonyl (C=O) groups is 1. The number of rotatable bonds is 5. The number of nitriles is 1. The molecule has 164 valence electrons. The van der Waals surface area contributed by atoms with Crippen molar-refractivity contribution < 1.29 is 4.79 Å². The second kappa shape index (κ2) is 9.27. The summed E-state index contributed by atoms with van der Waals surface area (Å²) in [6.07, 6.45) is 1.83. The highest BCUT2D eigenvalue weighted by Crippen LogP contribution is 2.23. The smallest absolute Gasteiger partial charge is 0.265 e. The minimum Gasteiger partial charge on any atom is -0.322 e. The molecular weight excluding hydrogens is 436 g/mol. The Morgan fingerprint density at radius 3 is 2.76 bits per heavy atom. The highest BCUT2D eigenvalue weighted by molar-refractivity contribution is 6.34. The molecular formula is C26H21ClN4O2. The molecule has 0 aliphatic heterocycles. The van der Waals surface area contributed by atoms with Crippen molar-refractivity contribution in [2.45, 2.75) is 26.2 Å². The number of hydrogen-bond donors (Lipinski definition) is 1. The van der Waals surface area contributed by atoms with Crippen molar-refractivity contribution in [1.29, 1.82) is 5.26 Å². The number of nitrogens with one attached hydrogen (secondary N) is 1. The van der Waals surface area contributed by atoms with E-state index in [1.54, 1.807) is 42.5 Å². The fourth-order valence-corrected chi connectivity index (χ4v) is 3.90. The van der Waals surface area contributed by atoms with E-state index in [2.05, 4.69) is 16.4 Å². The zero-order valence-electron chi connectivity index (χ0n) is 18.2. The monoisotopic (exact) mass is 456 g/mol. The van der Waals surface area contributed by atoms with Crippen molar-refractivity contribution in [3.8, 4) is 11.8 Å². The molecule has 4 aromatic rings. The van der Waals surface area contributed by atoms with Gasteiger partial charge >= 0.3 is 0 Å². The van der Waals surface area contributed by atoms with E-state index in [0.29, 0.717) is 39.3 Å². The molecule has 1 heterocycles. The van der Waals surface area contributed by atoms with Crippen molar-refractivity contribution in [2.24, 2.45) is 0 Å². The number of fused-ring (bicyclic) bond motifs is 1. The molecule has 3 aromatic carbocycles. The summed E-state index contributed by atoms with van der Waals surface area (Å²) in [5.74, 6) is -0.235. The number of aryl methyl sites for hydroxylation is 1. The van der Waals surface area contributed by atoms with Gasteiger partial charge in [0.15, 0.2) is 0 Å². The SMILES string of the molecule is Cc1ccc(NC(=O)c2cccc(C(C)CC#N)c2)cc1-n1cnc2c(Cl)cccc2c1=O. The van der Waals surface area contributed by atoms with Gasteiger partial charge in [-0.25, -0.2) is 4.98 Å². The Morgan fingerprint density at radius 2 is 1.97 bits per heavy atom. The average molecular weight is 457 g/mol. The molecule has 33 heavy (non-hydrogen) atoms. The van der Waals surface area contributed by atoms with E-state index >= 15 is 0 Å². The fraction of sp³-hybridized carbons (Fsp3) is 0.154. The zero-order valence-corrected chi connectivity index (χ0v) is 18.9. The highest BCUT2D eigenvalue weighted by atomic mass is 35.5. The summed E-state index contributed by atoms with van der Waals surface area (Å²) in [5, 5.41) is 12.7. The minimum atomic E-state index is -0.272. The summed E-state index contributed by atoms with van der Waals surface area (Å²) < 4.78 is 1.45. The van der Waals surface area contributed by atoms with Gasteiger partial charge < -0.3 is 5.32 Å². The van der Waals surface area contributed by atoms with Crippen molar-refractivity contribution in [3.63, 3.8) is 0 Å². The Morgan fingerprint density at radius 1 is 1.18 bits per heavy atom. The van der Waals surface area contributed by atoms with Crippen molar-refractivity contribution >= 4 is 34.1 Å². The third kappa shape index (κ3) is 4.50. The first-order chi connectivity index (χ1) is 15.9. The average Bonchev–Trinajstić information content (AvgIpc) is 2.81. The van der Waals surface area contributed by atoms with Gasteiger partial charge in [0.25, 0.3) is 11.5 Å². The van der Waals surface area contributed by atoms with E-state index < -0.39 is 0 Å². The lowest BCUT2D eigenvalue weighted by atomic mass is 9.96. The van der Waals surface area contributed by atoms with Crippen LogP contribution in [0.5, 0.6) is 0 Å². The number of nitrogens with zero attached hydrogens (tertiary/aromatic N) is 3. The maximum absolute atomic E-state index is 13.1. The molecule has 4 rings (SSSR count). The van der Waals surface area contributed by atoms with Gasteiger partial charge in [0.1, 0.15) is 6.33 Å². The summed E-state index contributed by atoms with van der Waals surface area (Å²) in [6, 6.07) is 19.9. The number of carbonyl (C=O) groups excluding carboxylic acids is 1. The van der Waals surface area contributed by atoms with Crippen LogP contribution in [-0.4, -0.2) is 15.5 Å². The fourth-order valence-electron chi connectivity index (χ4n) is 3.68. The van der Waals surface area contributed by atoms with E-state index in [1.165, 1.54) is 10.9 Å². The lowest BCUT2D eigenvalue weighted by molar-refractivity contribution is 0.102. The van der Waals surface area contributed by atoms with E-state index in [4.69, 9.17) is 16.9 Å². The molecule has 1 unspecified atom stereocenters. The molecule has 6 nitrogen and oxygen atoms in total. The maximum atomic E-state index is 13.1. The van der Waals surface area contributed by atoms with Gasteiger partial charge in [-0.1, -0.05) is 42.8 Å². The molecule has 0 bridgehead atoms. The van der Waals surface area contributed by atoms with Crippen LogP contribution in [0.2, 0.25) is 5.02 Å². The Labute approximate surface area is 196 Å². The number of halogens is 1. The summed E-state index contributed by atoms with van der Waals surface area (Å²) >= 11 is 6.17. The van der Waals surface area contributed by atoms with Gasteiger partial charge in [-0.3, -0.25) is 14.2 Å². The molecule has 1 N–H and O–H groups in total. The predicted molar refractivity (Wildman–Crippen MR) is 130 cm³/mol. The summed E-state index contributed by atoms with van der Waals surface area (Å²) in [5.41, 5.74) is 3.66. The van der Waals surface area contributed by atoms with Gasteiger partial charge in [0.05, 0.1) is 27.7 Å². The van der Waals surface area contributed by atoms with Crippen molar-refractivity contribution in [1.82, 2.24) is 9.55 Å².